The lowest BCUT2D eigenvalue weighted by molar-refractivity contribution is -0.0623. The smallest absolute Gasteiger partial charge is 0.211 e. The van der Waals surface area contributed by atoms with Crippen LogP contribution in [0, 0.1) is 0 Å². The van der Waals surface area contributed by atoms with Gasteiger partial charge in [-0.1, -0.05) is 23.2 Å². The maximum absolute atomic E-state index is 11.6. The standard InChI is InChI=1S/C18H26Cl2N2O4S/c1-27(24,25)22-8-4-14(5-9-22)21-10-6-18(23,7-11-21)13-26-15-2-3-16(19)17(20)12-15/h2-3,12,14,23H,4-11,13H2,1H3. The van der Waals surface area contributed by atoms with Crippen LogP contribution in [0.15, 0.2) is 18.2 Å². The van der Waals surface area contributed by atoms with Crippen LogP contribution in [0.1, 0.15) is 25.7 Å². The van der Waals surface area contributed by atoms with Crippen molar-refractivity contribution in [3.63, 3.8) is 0 Å². The molecule has 3 rings (SSSR count). The minimum atomic E-state index is -3.10. The summed E-state index contributed by atoms with van der Waals surface area (Å²) in [6, 6.07) is 5.44. The van der Waals surface area contributed by atoms with E-state index in [-0.39, 0.29) is 6.61 Å². The lowest BCUT2D eigenvalue weighted by Gasteiger charge is -2.43. The van der Waals surface area contributed by atoms with Crippen LogP contribution < -0.4 is 4.74 Å². The second kappa shape index (κ2) is 8.43. The highest BCUT2D eigenvalue weighted by Gasteiger charge is 2.37. The first-order chi connectivity index (χ1) is 12.7. The van der Waals surface area contributed by atoms with E-state index in [2.05, 4.69) is 4.90 Å². The van der Waals surface area contributed by atoms with Crippen molar-refractivity contribution >= 4 is 33.2 Å². The number of rotatable bonds is 5. The molecule has 27 heavy (non-hydrogen) atoms. The van der Waals surface area contributed by atoms with Gasteiger partial charge in [0.2, 0.25) is 10.0 Å². The molecule has 1 N–H and O–H groups in total. The molecule has 1 aromatic carbocycles. The van der Waals surface area contributed by atoms with E-state index < -0.39 is 15.6 Å². The van der Waals surface area contributed by atoms with Gasteiger partial charge in [-0.15, -0.1) is 0 Å². The number of hydrogen-bond acceptors (Lipinski definition) is 5. The summed E-state index contributed by atoms with van der Waals surface area (Å²) in [5, 5.41) is 11.7. The molecule has 0 spiro atoms. The van der Waals surface area contributed by atoms with E-state index in [1.165, 1.54) is 6.26 Å². The van der Waals surface area contributed by atoms with Crippen LogP contribution in [0.25, 0.3) is 0 Å². The number of nitrogens with zero attached hydrogens (tertiary/aromatic N) is 2. The number of halogens is 2. The molecule has 6 nitrogen and oxygen atoms in total. The van der Waals surface area contributed by atoms with Gasteiger partial charge in [-0.3, -0.25) is 0 Å². The Bertz CT molecular complexity index is 759. The monoisotopic (exact) mass is 436 g/mol. The molecule has 0 unspecified atom stereocenters. The summed E-state index contributed by atoms with van der Waals surface area (Å²) in [5.74, 6) is 0.591. The number of sulfonamides is 1. The quantitative estimate of drug-likeness (QED) is 0.767. The van der Waals surface area contributed by atoms with Gasteiger partial charge in [0.15, 0.2) is 0 Å². The minimum absolute atomic E-state index is 0.214. The van der Waals surface area contributed by atoms with Gasteiger partial charge in [0.25, 0.3) is 0 Å². The van der Waals surface area contributed by atoms with Crippen molar-refractivity contribution in [3.8, 4) is 5.75 Å². The topological polar surface area (TPSA) is 70.1 Å². The first-order valence-electron chi connectivity index (χ1n) is 9.16. The molecule has 2 fully saturated rings. The van der Waals surface area contributed by atoms with E-state index in [1.54, 1.807) is 22.5 Å². The van der Waals surface area contributed by atoms with Crippen LogP contribution in [0.2, 0.25) is 10.0 Å². The summed E-state index contributed by atoms with van der Waals surface area (Å²) in [7, 11) is -3.10. The number of hydrogen-bond donors (Lipinski definition) is 1. The Hall–Kier alpha value is -0.570. The molecule has 2 aliphatic heterocycles. The van der Waals surface area contributed by atoms with Crippen molar-refractivity contribution in [2.24, 2.45) is 0 Å². The van der Waals surface area contributed by atoms with Crippen molar-refractivity contribution in [3.05, 3.63) is 28.2 Å². The van der Waals surface area contributed by atoms with Crippen molar-refractivity contribution in [1.29, 1.82) is 0 Å². The number of ether oxygens (including phenoxy) is 1. The molecular formula is C18H26Cl2N2O4S. The Kier molecular flexibility index (Phi) is 6.60. The summed E-state index contributed by atoms with van der Waals surface area (Å²) >= 11 is 11.9. The van der Waals surface area contributed by atoms with Crippen molar-refractivity contribution in [2.75, 3.05) is 39.0 Å². The highest BCUT2D eigenvalue weighted by molar-refractivity contribution is 7.88. The van der Waals surface area contributed by atoms with E-state index in [1.807, 2.05) is 0 Å². The number of aliphatic hydroxyl groups is 1. The summed E-state index contributed by atoms with van der Waals surface area (Å²) in [5.41, 5.74) is -0.865. The zero-order chi connectivity index (χ0) is 19.7. The van der Waals surface area contributed by atoms with Gasteiger partial charge in [-0.2, -0.15) is 0 Å². The zero-order valence-corrected chi connectivity index (χ0v) is 17.7. The molecule has 0 radical (unpaired) electrons. The molecule has 1 aromatic rings. The second-order valence-corrected chi connectivity index (χ2v) is 10.3. The lowest BCUT2D eigenvalue weighted by atomic mass is 9.90. The summed E-state index contributed by atoms with van der Waals surface area (Å²) in [6.07, 6.45) is 4.19. The first kappa shape index (κ1) is 21.1. The van der Waals surface area contributed by atoms with Crippen LogP contribution in [0.3, 0.4) is 0 Å². The van der Waals surface area contributed by atoms with Crippen LogP contribution >= 0.6 is 23.2 Å². The lowest BCUT2D eigenvalue weighted by Crippen LogP contribution is -2.53. The van der Waals surface area contributed by atoms with Gasteiger partial charge in [-0.25, -0.2) is 12.7 Å². The predicted octanol–water partition coefficient (Wildman–Crippen LogP) is 2.62. The van der Waals surface area contributed by atoms with Gasteiger partial charge >= 0.3 is 0 Å². The molecule has 2 heterocycles. The van der Waals surface area contributed by atoms with Gasteiger partial charge < -0.3 is 14.7 Å². The second-order valence-electron chi connectivity index (χ2n) is 7.52. The summed E-state index contributed by atoms with van der Waals surface area (Å²) in [4.78, 5) is 2.37. The van der Waals surface area contributed by atoms with Gasteiger partial charge in [0.05, 0.1) is 16.3 Å². The highest BCUT2D eigenvalue weighted by atomic mass is 35.5. The van der Waals surface area contributed by atoms with Crippen molar-refractivity contribution < 1.29 is 18.3 Å². The van der Waals surface area contributed by atoms with E-state index >= 15 is 0 Å². The Morgan fingerprint density at radius 1 is 1.15 bits per heavy atom. The largest absolute Gasteiger partial charge is 0.491 e. The molecule has 9 heteroatoms. The van der Waals surface area contributed by atoms with Crippen LogP contribution in [0.4, 0.5) is 0 Å². The van der Waals surface area contributed by atoms with Gasteiger partial charge in [-0.05, 0) is 37.8 Å². The Labute approximate surface area is 171 Å². The fourth-order valence-corrected chi connectivity index (χ4v) is 4.94. The third kappa shape index (κ3) is 5.49. The van der Waals surface area contributed by atoms with E-state index in [4.69, 9.17) is 27.9 Å². The van der Waals surface area contributed by atoms with Crippen molar-refractivity contribution in [1.82, 2.24) is 9.21 Å². The third-order valence-corrected chi connectivity index (χ3v) is 7.58. The fourth-order valence-electron chi connectivity index (χ4n) is 3.77. The van der Waals surface area contributed by atoms with Crippen molar-refractivity contribution in [2.45, 2.75) is 37.3 Å². The number of benzene rings is 1. The zero-order valence-electron chi connectivity index (χ0n) is 15.4. The van der Waals surface area contributed by atoms with Crippen LogP contribution in [-0.2, 0) is 10.0 Å². The highest BCUT2D eigenvalue weighted by Crippen LogP contribution is 2.30. The first-order valence-corrected chi connectivity index (χ1v) is 11.8. The maximum atomic E-state index is 11.6. The number of piperidine rings is 2. The summed E-state index contributed by atoms with van der Waals surface area (Å²) < 4.78 is 30.5. The normalized spacial score (nSPS) is 22.7. The molecule has 0 bridgehead atoms. The van der Waals surface area contributed by atoms with Gasteiger partial charge in [0, 0.05) is 38.3 Å². The molecule has 152 valence electrons. The fraction of sp³-hybridized carbons (Fsp3) is 0.667. The summed E-state index contributed by atoms with van der Waals surface area (Å²) in [6.45, 7) is 2.93. The molecular weight excluding hydrogens is 411 g/mol. The van der Waals surface area contributed by atoms with E-state index in [0.29, 0.717) is 47.8 Å². The molecule has 2 saturated heterocycles. The molecule has 0 atom stereocenters. The van der Waals surface area contributed by atoms with Crippen LogP contribution in [0.5, 0.6) is 5.75 Å². The Balaban J connectivity index is 1.47. The Morgan fingerprint density at radius 3 is 2.33 bits per heavy atom. The molecule has 0 amide bonds. The van der Waals surface area contributed by atoms with Crippen LogP contribution in [-0.4, -0.2) is 73.4 Å². The van der Waals surface area contributed by atoms with Gasteiger partial charge in [0.1, 0.15) is 18.0 Å². The molecule has 0 aromatic heterocycles. The molecule has 0 aliphatic carbocycles. The molecule has 0 saturated carbocycles. The molecule has 2 aliphatic rings. The average molecular weight is 437 g/mol. The third-order valence-electron chi connectivity index (χ3n) is 5.54. The Morgan fingerprint density at radius 2 is 1.78 bits per heavy atom. The minimum Gasteiger partial charge on any atom is -0.491 e. The SMILES string of the molecule is CS(=O)(=O)N1CCC(N2CCC(O)(COc3ccc(Cl)c(Cl)c3)CC2)CC1. The predicted molar refractivity (Wildman–Crippen MR) is 107 cm³/mol. The van der Waals surface area contributed by atoms with E-state index in [0.717, 1.165) is 25.9 Å². The maximum Gasteiger partial charge on any atom is 0.211 e. The van der Waals surface area contributed by atoms with E-state index in [9.17, 15) is 13.5 Å². The number of likely N-dealkylation sites (tertiary alicyclic amines) is 1. The average Bonchev–Trinajstić information content (AvgIpc) is 2.63.